The monoisotopic (exact) mass is 246 g/mol. The lowest BCUT2D eigenvalue weighted by Gasteiger charge is -2.07. The number of rotatable bonds is 3. The van der Waals surface area contributed by atoms with Crippen LogP contribution < -0.4 is 4.74 Å². The molecule has 1 aliphatic heterocycles. The Bertz CT molecular complexity index is 498. The summed E-state index contributed by atoms with van der Waals surface area (Å²) in [5, 5.41) is 0. The van der Waals surface area contributed by atoms with E-state index in [0.29, 0.717) is 17.9 Å². The van der Waals surface area contributed by atoms with Crippen molar-refractivity contribution in [3.8, 4) is 5.75 Å². The van der Waals surface area contributed by atoms with E-state index in [0.717, 1.165) is 6.26 Å². The van der Waals surface area contributed by atoms with Gasteiger partial charge in [0.15, 0.2) is 0 Å². The molecule has 16 heavy (non-hydrogen) atoms. The van der Waals surface area contributed by atoms with Crippen molar-refractivity contribution in [2.45, 2.75) is 5.92 Å². The van der Waals surface area contributed by atoms with E-state index in [4.69, 9.17) is 4.74 Å². The van der Waals surface area contributed by atoms with E-state index in [1.807, 2.05) is 0 Å². The largest absolute Gasteiger partial charge is 0.493 e. The van der Waals surface area contributed by atoms with Gasteiger partial charge in [0.2, 0.25) is 0 Å². The van der Waals surface area contributed by atoms with E-state index in [1.165, 1.54) is 18.2 Å². The summed E-state index contributed by atoms with van der Waals surface area (Å²) in [5.74, 6) is -0.0162. The number of ether oxygens (including phenoxy) is 1. The molecule has 1 atom stereocenters. The second-order valence-corrected chi connectivity index (χ2v) is 5.32. The van der Waals surface area contributed by atoms with Crippen molar-refractivity contribution >= 4 is 10.1 Å². The first-order valence-electron chi connectivity index (χ1n) is 4.72. The summed E-state index contributed by atoms with van der Waals surface area (Å²) in [4.78, 5) is 0. The van der Waals surface area contributed by atoms with E-state index in [1.54, 1.807) is 0 Å². The van der Waals surface area contributed by atoms with Crippen LogP contribution in [0.15, 0.2) is 18.2 Å². The molecule has 4 nitrogen and oxygen atoms in total. The van der Waals surface area contributed by atoms with Crippen molar-refractivity contribution < 1.29 is 21.7 Å². The molecule has 1 unspecified atom stereocenters. The van der Waals surface area contributed by atoms with Gasteiger partial charge in [-0.25, -0.2) is 4.39 Å². The van der Waals surface area contributed by atoms with Crippen molar-refractivity contribution in [1.29, 1.82) is 0 Å². The van der Waals surface area contributed by atoms with Crippen LogP contribution in [0.3, 0.4) is 0 Å². The van der Waals surface area contributed by atoms with Crippen LogP contribution in [0.1, 0.15) is 11.5 Å². The Hall–Kier alpha value is -1.14. The first-order chi connectivity index (χ1) is 7.46. The molecule has 0 saturated heterocycles. The molecule has 0 saturated carbocycles. The molecule has 0 bridgehead atoms. The molecule has 0 N–H and O–H groups in total. The number of fused-ring (bicyclic) bond motifs is 1. The van der Waals surface area contributed by atoms with Gasteiger partial charge in [-0.1, -0.05) is 0 Å². The Morgan fingerprint density at radius 3 is 3.00 bits per heavy atom. The molecule has 1 aromatic carbocycles. The van der Waals surface area contributed by atoms with Crippen LogP contribution in [0.25, 0.3) is 0 Å². The van der Waals surface area contributed by atoms with Crippen LogP contribution in [0.4, 0.5) is 4.39 Å². The highest BCUT2D eigenvalue weighted by molar-refractivity contribution is 7.85. The molecule has 0 radical (unpaired) electrons. The first-order valence-corrected chi connectivity index (χ1v) is 6.54. The smallest absolute Gasteiger partial charge is 0.264 e. The zero-order valence-corrected chi connectivity index (χ0v) is 9.46. The summed E-state index contributed by atoms with van der Waals surface area (Å²) in [6.07, 6.45) is 0.981. The van der Waals surface area contributed by atoms with Gasteiger partial charge < -0.3 is 4.74 Å². The molecule has 0 amide bonds. The van der Waals surface area contributed by atoms with Gasteiger partial charge in [-0.05, 0) is 18.2 Å². The Morgan fingerprint density at radius 1 is 1.56 bits per heavy atom. The Balaban J connectivity index is 2.14. The van der Waals surface area contributed by atoms with Crippen LogP contribution in [-0.2, 0) is 14.3 Å². The normalized spacial score (nSPS) is 19.2. The Kier molecular flexibility index (Phi) is 2.86. The lowest BCUT2D eigenvalue weighted by molar-refractivity contribution is 0.254. The van der Waals surface area contributed by atoms with Crippen molar-refractivity contribution in [3.05, 3.63) is 29.6 Å². The van der Waals surface area contributed by atoms with E-state index < -0.39 is 10.1 Å². The maximum absolute atomic E-state index is 13.0. The van der Waals surface area contributed by atoms with E-state index in [9.17, 15) is 12.8 Å². The van der Waals surface area contributed by atoms with Crippen LogP contribution in [0.2, 0.25) is 0 Å². The van der Waals surface area contributed by atoms with Crippen LogP contribution in [0, 0.1) is 5.82 Å². The number of hydrogen-bond acceptors (Lipinski definition) is 4. The van der Waals surface area contributed by atoms with Crippen molar-refractivity contribution in [2.24, 2.45) is 0 Å². The van der Waals surface area contributed by atoms with Crippen LogP contribution in [0.5, 0.6) is 5.75 Å². The summed E-state index contributed by atoms with van der Waals surface area (Å²) in [6.45, 7) is 0.295. The second kappa shape index (κ2) is 4.03. The number of halogens is 1. The van der Waals surface area contributed by atoms with Gasteiger partial charge in [-0.2, -0.15) is 8.42 Å². The third-order valence-electron chi connectivity index (χ3n) is 2.33. The highest BCUT2D eigenvalue weighted by Gasteiger charge is 2.26. The lowest BCUT2D eigenvalue weighted by Crippen LogP contribution is -2.13. The molecule has 1 aliphatic rings. The van der Waals surface area contributed by atoms with E-state index >= 15 is 0 Å². The summed E-state index contributed by atoms with van der Waals surface area (Å²) in [5.41, 5.74) is 0.656. The predicted molar refractivity (Wildman–Crippen MR) is 55.4 cm³/mol. The minimum atomic E-state index is -3.47. The molecule has 1 aromatic rings. The number of benzene rings is 1. The van der Waals surface area contributed by atoms with Crippen LogP contribution >= 0.6 is 0 Å². The average Bonchev–Trinajstić information content (AvgIpc) is 2.56. The summed E-state index contributed by atoms with van der Waals surface area (Å²) in [6, 6.07) is 4.18. The fraction of sp³-hybridized carbons (Fsp3) is 0.400. The van der Waals surface area contributed by atoms with Gasteiger partial charge in [0.25, 0.3) is 10.1 Å². The average molecular weight is 246 g/mol. The van der Waals surface area contributed by atoms with Crippen molar-refractivity contribution in [3.63, 3.8) is 0 Å². The summed E-state index contributed by atoms with van der Waals surface area (Å²) >= 11 is 0. The maximum Gasteiger partial charge on any atom is 0.264 e. The number of hydrogen-bond donors (Lipinski definition) is 0. The van der Waals surface area contributed by atoms with Crippen molar-refractivity contribution in [2.75, 3.05) is 19.5 Å². The minimum Gasteiger partial charge on any atom is -0.493 e. The van der Waals surface area contributed by atoms with E-state index in [-0.39, 0.29) is 18.3 Å². The molecule has 0 spiro atoms. The van der Waals surface area contributed by atoms with E-state index in [2.05, 4.69) is 4.18 Å². The summed E-state index contributed by atoms with van der Waals surface area (Å²) in [7, 11) is -3.47. The molecule has 88 valence electrons. The van der Waals surface area contributed by atoms with Gasteiger partial charge in [0.05, 0.1) is 19.5 Å². The highest BCUT2D eigenvalue weighted by Crippen LogP contribution is 2.34. The van der Waals surface area contributed by atoms with Gasteiger partial charge in [-0.3, -0.25) is 4.18 Å². The van der Waals surface area contributed by atoms with Crippen LogP contribution in [-0.4, -0.2) is 27.9 Å². The van der Waals surface area contributed by atoms with Crippen molar-refractivity contribution in [1.82, 2.24) is 0 Å². The SMILES string of the molecule is CS(=O)(=O)OCC1COc2ccc(F)cc21. The molecule has 1 heterocycles. The zero-order valence-electron chi connectivity index (χ0n) is 8.64. The molecule has 0 aliphatic carbocycles. The Labute approximate surface area is 93.1 Å². The molecule has 0 fully saturated rings. The maximum atomic E-state index is 13.0. The molecule has 2 rings (SSSR count). The topological polar surface area (TPSA) is 52.6 Å². The van der Waals surface area contributed by atoms with Gasteiger partial charge in [-0.15, -0.1) is 0 Å². The Morgan fingerprint density at radius 2 is 2.31 bits per heavy atom. The third kappa shape index (κ3) is 2.51. The molecule has 6 heteroatoms. The van der Waals surface area contributed by atoms with Gasteiger partial charge >= 0.3 is 0 Å². The molecule has 0 aromatic heterocycles. The standard InChI is InChI=1S/C10H11FO4S/c1-16(12,13)15-6-7-5-14-10-3-2-8(11)4-9(7)10/h2-4,7H,5-6H2,1H3. The highest BCUT2D eigenvalue weighted by atomic mass is 32.2. The third-order valence-corrected chi connectivity index (χ3v) is 2.90. The second-order valence-electron chi connectivity index (χ2n) is 3.68. The summed E-state index contributed by atoms with van der Waals surface area (Å²) < 4.78 is 44.6. The molecular weight excluding hydrogens is 235 g/mol. The fourth-order valence-electron chi connectivity index (χ4n) is 1.59. The lowest BCUT2D eigenvalue weighted by atomic mass is 10.0. The van der Waals surface area contributed by atoms with Gasteiger partial charge in [0.1, 0.15) is 11.6 Å². The zero-order chi connectivity index (χ0) is 11.8. The first kappa shape index (κ1) is 11.3. The van der Waals surface area contributed by atoms with Gasteiger partial charge in [0, 0.05) is 11.5 Å². The predicted octanol–water partition coefficient (Wildman–Crippen LogP) is 1.28. The molecular formula is C10H11FO4S. The quantitative estimate of drug-likeness (QED) is 0.754. The fourth-order valence-corrected chi connectivity index (χ4v) is 2.01. The minimum absolute atomic E-state index is 0.0186.